The largest absolute Gasteiger partial charge is 0.309 e. The summed E-state index contributed by atoms with van der Waals surface area (Å²) in [4.78, 5) is 1.50. The van der Waals surface area contributed by atoms with Crippen LogP contribution in [0.25, 0.3) is 0 Å². The number of nitrogens with one attached hydrogen (secondary N) is 1. The summed E-state index contributed by atoms with van der Waals surface area (Å²) in [6.07, 6.45) is 7.88. The first-order valence-electron chi connectivity index (χ1n) is 7.58. The van der Waals surface area contributed by atoms with E-state index in [1.165, 1.54) is 49.9 Å². The van der Waals surface area contributed by atoms with Crippen LogP contribution in [0.5, 0.6) is 0 Å². The molecule has 0 aromatic carbocycles. The van der Waals surface area contributed by atoms with Crippen molar-refractivity contribution in [1.29, 1.82) is 0 Å². The Balaban J connectivity index is 2.41. The van der Waals surface area contributed by atoms with Crippen LogP contribution >= 0.6 is 11.3 Å². The molecule has 0 fully saturated rings. The minimum Gasteiger partial charge on any atom is -0.309 e. The molecule has 1 heterocycles. The van der Waals surface area contributed by atoms with Crippen molar-refractivity contribution >= 4 is 11.3 Å². The second-order valence-corrected chi connectivity index (χ2v) is 6.16. The summed E-state index contributed by atoms with van der Waals surface area (Å²) in [5.74, 6) is 0.851. The first-order valence-corrected chi connectivity index (χ1v) is 8.46. The van der Waals surface area contributed by atoms with E-state index in [9.17, 15) is 0 Å². The monoisotopic (exact) mass is 267 g/mol. The van der Waals surface area contributed by atoms with E-state index in [2.05, 4.69) is 43.6 Å². The van der Waals surface area contributed by atoms with Gasteiger partial charge in [-0.2, -0.15) is 0 Å². The molecule has 0 radical (unpaired) electrons. The number of unbranched alkanes of at least 4 members (excludes halogenated alkanes) is 1. The second kappa shape index (κ2) is 9.57. The molecule has 0 bridgehead atoms. The Hall–Kier alpha value is -0.340. The first kappa shape index (κ1) is 15.7. The summed E-state index contributed by atoms with van der Waals surface area (Å²) < 4.78 is 0. The lowest BCUT2D eigenvalue weighted by atomic mass is 9.98. The summed E-state index contributed by atoms with van der Waals surface area (Å²) in [5, 5.41) is 5.98. The van der Waals surface area contributed by atoms with Crippen LogP contribution in [0.4, 0.5) is 0 Å². The van der Waals surface area contributed by atoms with Crippen LogP contribution in [0.2, 0.25) is 0 Å². The molecule has 104 valence electrons. The molecule has 2 atom stereocenters. The minimum atomic E-state index is 0.575. The van der Waals surface area contributed by atoms with Crippen LogP contribution in [0.3, 0.4) is 0 Å². The Labute approximate surface area is 117 Å². The molecule has 2 heteroatoms. The van der Waals surface area contributed by atoms with Gasteiger partial charge in [-0.25, -0.2) is 0 Å². The fraction of sp³-hybridized carbons (Fsp3) is 0.750. The third-order valence-electron chi connectivity index (χ3n) is 3.66. The van der Waals surface area contributed by atoms with E-state index in [1.54, 1.807) is 0 Å². The highest BCUT2D eigenvalue weighted by Gasteiger charge is 2.13. The van der Waals surface area contributed by atoms with Crippen molar-refractivity contribution in [2.24, 2.45) is 5.92 Å². The van der Waals surface area contributed by atoms with Crippen LogP contribution in [0, 0.1) is 5.92 Å². The van der Waals surface area contributed by atoms with Crippen molar-refractivity contribution < 1.29 is 0 Å². The second-order valence-electron chi connectivity index (χ2n) is 5.18. The van der Waals surface area contributed by atoms with E-state index in [-0.39, 0.29) is 0 Å². The van der Waals surface area contributed by atoms with Crippen molar-refractivity contribution in [2.45, 2.75) is 65.3 Å². The SMILES string of the molecule is CCCCC(CC)CNC(CCC)c1cccs1. The van der Waals surface area contributed by atoms with Gasteiger partial charge in [0.1, 0.15) is 0 Å². The van der Waals surface area contributed by atoms with Gasteiger partial charge in [0.2, 0.25) is 0 Å². The molecule has 0 aliphatic rings. The zero-order valence-corrected chi connectivity index (χ0v) is 13.1. The average Bonchev–Trinajstić information content (AvgIpc) is 2.91. The van der Waals surface area contributed by atoms with Crippen molar-refractivity contribution in [3.05, 3.63) is 22.4 Å². The van der Waals surface area contributed by atoms with Gasteiger partial charge in [-0.1, -0.05) is 52.5 Å². The van der Waals surface area contributed by atoms with E-state index >= 15 is 0 Å². The third-order valence-corrected chi connectivity index (χ3v) is 4.65. The maximum absolute atomic E-state index is 3.79. The van der Waals surface area contributed by atoms with Crippen LogP contribution in [0.1, 0.15) is 70.2 Å². The fourth-order valence-corrected chi connectivity index (χ4v) is 3.21. The molecule has 0 aliphatic heterocycles. The normalized spacial score (nSPS) is 14.6. The van der Waals surface area contributed by atoms with Crippen molar-refractivity contribution in [3.63, 3.8) is 0 Å². The van der Waals surface area contributed by atoms with Gasteiger partial charge < -0.3 is 5.32 Å². The molecule has 18 heavy (non-hydrogen) atoms. The van der Waals surface area contributed by atoms with Crippen molar-refractivity contribution in [2.75, 3.05) is 6.54 Å². The molecular formula is C16H29NS. The quantitative estimate of drug-likeness (QED) is 0.599. The van der Waals surface area contributed by atoms with Gasteiger partial charge in [-0.05, 0) is 36.8 Å². The van der Waals surface area contributed by atoms with E-state index in [4.69, 9.17) is 0 Å². The topological polar surface area (TPSA) is 12.0 Å². The van der Waals surface area contributed by atoms with Gasteiger partial charge in [-0.15, -0.1) is 11.3 Å². The molecule has 1 aromatic heterocycles. The smallest absolute Gasteiger partial charge is 0.0414 e. The number of thiophene rings is 1. The summed E-state index contributed by atoms with van der Waals surface area (Å²) in [6.45, 7) is 8.06. The highest BCUT2D eigenvalue weighted by molar-refractivity contribution is 7.10. The Bertz CT molecular complexity index is 281. The lowest BCUT2D eigenvalue weighted by Gasteiger charge is -2.21. The summed E-state index contributed by atoms with van der Waals surface area (Å²) in [7, 11) is 0. The maximum Gasteiger partial charge on any atom is 0.0414 e. The molecule has 0 saturated heterocycles. The van der Waals surface area contributed by atoms with Gasteiger partial charge in [0.25, 0.3) is 0 Å². The third kappa shape index (κ3) is 5.53. The van der Waals surface area contributed by atoms with Gasteiger partial charge >= 0.3 is 0 Å². The average molecular weight is 267 g/mol. The fourth-order valence-electron chi connectivity index (χ4n) is 2.38. The van der Waals surface area contributed by atoms with Crippen molar-refractivity contribution in [1.82, 2.24) is 5.32 Å². The Morgan fingerprint density at radius 1 is 1.17 bits per heavy atom. The molecule has 1 nitrogen and oxygen atoms in total. The number of hydrogen-bond donors (Lipinski definition) is 1. The molecular weight excluding hydrogens is 238 g/mol. The molecule has 1 N–H and O–H groups in total. The van der Waals surface area contributed by atoms with E-state index in [0.717, 1.165) is 5.92 Å². The molecule has 0 amide bonds. The zero-order valence-electron chi connectivity index (χ0n) is 12.2. The van der Waals surface area contributed by atoms with E-state index < -0.39 is 0 Å². The molecule has 0 saturated carbocycles. The highest BCUT2D eigenvalue weighted by Crippen LogP contribution is 2.24. The number of hydrogen-bond acceptors (Lipinski definition) is 2. The molecule has 1 rings (SSSR count). The predicted octanol–water partition coefficient (Wildman–Crippen LogP) is 5.40. The van der Waals surface area contributed by atoms with Crippen LogP contribution in [0.15, 0.2) is 17.5 Å². The Kier molecular flexibility index (Phi) is 8.36. The van der Waals surface area contributed by atoms with Gasteiger partial charge in [0, 0.05) is 10.9 Å². The molecule has 2 unspecified atom stereocenters. The Morgan fingerprint density at radius 3 is 2.56 bits per heavy atom. The van der Waals surface area contributed by atoms with E-state index in [1.807, 2.05) is 11.3 Å². The molecule has 1 aromatic rings. The van der Waals surface area contributed by atoms with Crippen molar-refractivity contribution in [3.8, 4) is 0 Å². The standard InChI is InChI=1S/C16H29NS/c1-4-7-10-14(6-3)13-17-15(9-5-2)16-11-8-12-18-16/h8,11-12,14-15,17H,4-7,9-10,13H2,1-3H3. The lowest BCUT2D eigenvalue weighted by molar-refractivity contribution is 0.383. The van der Waals surface area contributed by atoms with Crippen LogP contribution < -0.4 is 5.32 Å². The highest BCUT2D eigenvalue weighted by atomic mass is 32.1. The summed E-state index contributed by atoms with van der Waals surface area (Å²) >= 11 is 1.89. The van der Waals surface area contributed by atoms with Gasteiger partial charge in [0.15, 0.2) is 0 Å². The minimum absolute atomic E-state index is 0.575. The molecule has 0 aliphatic carbocycles. The summed E-state index contributed by atoms with van der Waals surface area (Å²) in [6, 6.07) is 5.01. The predicted molar refractivity (Wildman–Crippen MR) is 83.3 cm³/mol. The number of rotatable bonds is 10. The summed E-state index contributed by atoms with van der Waals surface area (Å²) in [5.41, 5.74) is 0. The van der Waals surface area contributed by atoms with Crippen LogP contribution in [-0.4, -0.2) is 6.54 Å². The van der Waals surface area contributed by atoms with E-state index in [0.29, 0.717) is 6.04 Å². The Morgan fingerprint density at radius 2 is 2.00 bits per heavy atom. The zero-order chi connectivity index (χ0) is 13.2. The van der Waals surface area contributed by atoms with Gasteiger partial charge in [0.05, 0.1) is 0 Å². The first-order chi connectivity index (χ1) is 8.81. The lowest BCUT2D eigenvalue weighted by Crippen LogP contribution is -2.26. The molecule has 0 spiro atoms. The van der Waals surface area contributed by atoms with Crippen LogP contribution in [-0.2, 0) is 0 Å². The van der Waals surface area contributed by atoms with Gasteiger partial charge in [-0.3, -0.25) is 0 Å². The maximum atomic E-state index is 3.79.